The molecule has 2 aromatic rings. The summed E-state index contributed by atoms with van der Waals surface area (Å²) in [5.41, 5.74) is 4.38. The fourth-order valence-corrected chi connectivity index (χ4v) is 4.76. The van der Waals surface area contributed by atoms with E-state index < -0.39 is 0 Å². The zero-order valence-electron chi connectivity index (χ0n) is 16.5. The van der Waals surface area contributed by atoms with Crippen LogP contribution in [-0.4, -0.2) is 23.6 Å². The molecular weight excluding hydrogens is 336 g/mol. The van der Waals surface area contributed by atoms with Gasteiger partial charge in [0.2, 0.25) is 0 Å². The standard InChI is InChI=1S/C23H30N2O2/c1-16-12-21(17(2)25(16)20-9-4-3-5-10-20)23(26)24-14-18-13-19-8-6-7-11-22(19)27-15-18/h6-8,11-12,18,20H,3-5,9-10,13-15H2,1-2H3,(H,24,26). The maximum absolute atomic E-state index is 12.8. The van der Waals surface area contributed by atoms with Crippen LogP contribution in [0.5, 0.6) is 5.75 Å². The van der Waals surface area contributed by atoms with Crippen molar-refractivity contribution in [1.29, 1.82) is 0 Å². The zero-order chi connectivity index (χ0) is 18.8. The van der Waals surface area contributed by atoms with Crippen LogP contribution in [0.15, 0.2) is 30.3 Å². The van der Waals surface area contributed by atoms with E-state index in [9.17, 15) is 4.79 Å². The lowest BCUT2D eigenvalue weighted by Crippen LogP contribution is -2.35. The van der Waals surface area contributed by atoms with Crippen LogP contribution in [0, 0.1) is 19.8 Å². The monoisotopic (exact) mass is 366 g/mol. The summed E-state index contributed by atoms with van der Waals surface area (Å²) in [4.78, 5) is 12.8. The van der Waals surface area contributed by atoms with E-state index in [4.69, 9.17) is 4.74 Å². The van der Waals surface area contributed by atoms with Gasteiger partial charge in [-0.25, -0.2) is 0 Å². The van der Waals surface area contributed by atoms with E-state index in [1.54, 1.807) is 0 Å². The molecule has 1 fully saturated rings. The summed E-state index contributed by atoms with van der Waals surface area (Å²) in [6, 6.07) is 10.8. The minimum Gasteiger partial charge on any atom is -0.493 e. The zero-order valence-corrected chi connectivity index (χ0v) is 16.5. The van der Waals surface area contributed by atoms with Gasteiger partial charge in [0, 0.05) is 29.9 Å². The van der Waals surface area contributed by atoms with Gasteiger partial charge in [-0.05, 0) is 50.8 Å². The first-order chi connectivity index (χ1) is 13.1. The van der Waals surface area contributed by atoms with Crippen LogP contribution < -0.4 is 10.1 Å². The smallest absolute Gasteiger partial charge is 0.253 e. The van der Waals surface area contributed by atoms with E-state index >= 15 is 0 Å². The molecule has 1 amide bonds. The van der Waals surface area contributed by atoms with Crippen LogP contribution in [0.3, 0.4) is 0 Å². The highest BCUT2D eigenvalue weighted by atomic mass is 16.5. The van der Waals surface area contributed by atoms with Crippen LogP contribution in [0.4, 0.5) is 0 Å². The normalized spacial score (nSPS) is 20.0. The second-order valence-electron chi connectivity index (χ2n) is 8.15. The fraction of sp³-hybridized carbons (Fsp3) is 0.522. The molecule has 1 aromatic carbocycles. The number of nitrogens with one attached hydrogen (secondary N) is 1. The van der Waals surface area contributed by atoms with E-state index in [1.165, 1.54) is 43.4 Å². The number of carbonyl (C=O) groups is 1. The molecule has 1 aliphatic heterocycles. The van der Waals surface area contributed by atoms with Crippen LogP contribution in [-0.2, 0) is 6.42 Å². The maximum atomic E-state index is 12.8. The Bertz CT molecular complexity index is 818. The number of hydrogen-bond donors (Lipinski definition) is 1. The molecule has 1 N–H and O–H groups in total. The number of ether oxygens (including phenoxy) is 1. The van der Waals surface area contributed by atoms with Crippen molar-refractivity contribution < 1.29 is 9.53 Å². The molecule has 1 aromatic heterocycles. The van der Waals surface area contributed by atoms with Crippen LogP contribution in [0.2, 0.25) is 0 Å². The third-order valence-corrected chi connectivity index (χ3v) is 6.18. The van der Waals surface area contributed by atoms with Crippen molar-refractivity contribution in [2.24, 2.45) is 5.92 Å². The molecule has 2 heterocycles. The summed E-state index contributed by atoms with van der Waals surface area (Å²) in [6.07, 6.45) is 7.36. The van der Waals surface area contributed by atoms with Gasteiger partial charge in [-0.15, -0.1) is 0 Å². The average Bonchev–Trinajstić information content (AvgIpc) is 3.01. The molecule has 27 heavy (non-hydrogen) atoms. The number of carbonyl (C=O) groups excluding carboxylic acids is 1. The summed E-state index contributed by atoms with van der Waals surface area (Å²) in [6.45, 7) is 5.54. The van der Waals surface area contributed by atoms with Crippen LogP contribution >= 0.6 is 0 Å². The molecule has 1 unspecified atom stereocenters. The molecule has 1 saturated carbocycles. The fourth-order valence-electron chi connectivity index (χ4n) is 4.76. The van der Waals surface area contributed by atoms with E-state index in [2.05, 4.69) is 35.9 Å². The van der Waals surface area contributed by atoms with Gasteiger partial charge in [-0.3, -0.25) is 4.79 Å². The molecular formula is C23H30N2O2. The van der Waals surface area contributed by atoms with Gasteiger partial charge in [0.15, 0.2) is 0 Å². The van der Waals surface area contributed by atoms with Gasteiger partial charge >= 0.3 is 0 Å². The highest BCUT2D eigenvalue weighted by molar-refractivity contribution is 5.95. The number of aryl methyl sites for hydroxylation is 1. The van der Waals surface area contributed by atoms with Crippen LogP contribution in [0.1, 0.15) is 65.5 Å². The summed E-state index contributed by atoms with van der Waals surface area (Å²) in [5.74, 6) is 1.35. The van der Waals surface area contributed by atoms with Crippen LogP contribution in [0.25, 0.3) is 0 Å². The Balaban J connectivity index is 1.40. The van der Waals surface area contributed by atoms with E-state index in [0.717, 1.165) is 23.4 Å². The number of nitrogens with zero attached hydrogens (tertiary/aromatic N) is 1. The van der Waals surface area contributed by atoms with E-state index in [-0.39, 0.29) is 5.91 Å². The molecule has 2 aliphatic rings. The average molecular weight is 367 g/mol. The number of rotatable bonds is 4. The van der Waals surface area contributed by atoms with Crippen molar-refractivity contribution in [2.75, 3.05) is 13.2 Å². The van der Waals surface area contributed by atoms with E-state index in [0.29, 0.717) is 25.1 Å². The Hall–Kier alpha value is -2.23. The van der Waals surface area contributed by atoms with Gasteiger partial charge in [0.25, 0.3) is 5.91 Å². The minimum atomic E-state index is 0.0454. The molecule has 144 valence electrons. The van der Waals surface area contributed by atoms with E-state index in [1.807, 2.05) is 18.2 Å². The first kappa shape index (κ1) is 18.1. The molecule has 0 spiro atoms. The van der Waals surface area contributed by atoms with Gasteiger partial charge in [-0.2, -0.15) is 0 Å². The highest BCUT2D eigenvalue weighted by Crippen LogP contribution is 2.32. The third kappa shape index (κ3) is 3.76. The lowest BCUT2D eigenvalue weighted by Gasteiger charge is -2.26. The second-order valence-corrected chi connectivity index (χ2v) is 8.15. The first-order valence-electron chi connectivity index (χ1n) is 10.3. The van der Waals surface area contributed by atoms with Crippen molar-refractivity contribution in [3.05, 3.63) is 52.8 Å². The lowest BCUT2D eigenvalue weighted by molar-refractivity contribution is 0.0938. The molecule has 4 nitrogen and oxygen atoms in total. The van der Waals surface area contributed by atoms with Crippen molar-refractivity contribution in [3.63, 3.8) is 0 Å². The summed E-state index contributed by atoms with van der Waals surface area (Å²) in [5, 5.41) is 3.15. The Morgan fingerprint density at radius 3 is 2.78 bits per heavy atom. The molecule has 0 saturated heterocycles. The molecule has 1 aliphatic carbocycles. The Labute approximate surface area is 161 Å². The predicted octanol–water partition coefficient (Wildman–Crippen LogP) is 4.59. The SMILES string of the molecule is Cc1cc(C(=O)NCC2COc3ccccc3C2)c(C)n1C1CCCCC1. The first-order valence-corrected chi connectivity index (χ1v) is 10.3. The quantitative estimate of drug-likeness (QED) is 0.860. The van der Waals surface area contributed by atoms with Gasteiger partial charge < -0.3 is 14.6 Å². The van der Waals surface area contributed by atoms with Gasteiger partial charge in [0.05, 0.1) is 12.2 Å². The van der Waals surface area contributed by atoms with Crippen molar-refractivity contribution in [2.45, 2.75) is 58.4 Å². The second kappa shape index (κ2) is 7.79. The van der Waals surface area contributed by atoms with Gasteiger partial charge in [-0.1, -0.05) is 37.5 Å². The number of fused-ring (bicyclic) bond motifs is 1. The number of amides is 1. The molecule has 4 rings (SSSR count). The lowest BCUT2D eigenvalue weighted by atomic mass is 9.95. The van der Waals surface area contributed by atoms with Crippen molar-refractivity contribution in [1.82, 2.24) is 9.88 Å². The number of benzene rings is 1. The molecule has 4 heteroatoms. The number of hydrogen-bond acceptors (Lipinski definition) is 2. The number of para-hydroxylation sites is 1. The van der Waals surface area contributed by atoms with Gasteiger partial charge in [0.1, 0.15) is 5.75 Å². The van der Waals surface area contributed by atoms with Crippen molar-refractivity contribution >= 4 is 5.91 Å². The maximum Gasteiger partial charge on any atom is 0.253 e. The Morgan fingerprint density at radius 2 is 1.96 bits per heavy atom. The Morgan fingerprint density at radius 1 is 1.19 bits per heavy atom. The Kier molecular flexibility index (Phi) is 5.24. The highest BCUT2D eigenvalue weighted by Gasteiger charge is 2.24. The summed E-state index contributed by atoms with van der Waals surface area (Å²) < 4.78 is 8.24. The molecule has 0 bridgehead atoms. The summed E-state index contributed by atoms with van der Waals surface area (Å²) >= 11 is 0. The topological polar surface area (TPSA) is 43.3 Å². The summed E-state index contributed by atoms with van der Waals surface area (Å²) in [7, 11) is 0. The molecule has 0 radical (unpaired) electrons. The minimum absolute atomic E-state index is 0.0454. The third-order valence-electron chi connectivity index (χ3n) is 6.18. The van der Waals surface area contributed by atoms with Crippen molar-refractivity contribution in [3.8, 4) is 5.75 Å². The molecule has 1 atom stereocenters. The number of aromatic nitrogens is 1. The predicted molar refractivity (Wildman–Crippen MR) is 107 cm³/mol. The largest absolute Gasteiger partial charge is 0.493 e.